The second-order valence-corrected chi connectivity index (χ2v) is 4.54. The van der Waals surface area contributed by atoms with Crippen LogP contribution in [-0.2, 0) is 5.60 Å². The molecule has 0 aliphatic heterocycles. The van der Waals surface area contributed by atoms with E-state index in [-0.39, 0.29) is 5.56 Å². The molecule has 1 saturated carbocycles. The van der Waals surface area contributed by atoms with Crippen LogP contribution in [0.2, 0.25) is 0 Å². The molecule has 0 heterocycles. The quantitative estimate of drug-likeness (QED) is 0.815. The van der Waals surface area contributed by atoms with Gasteiger partial charge in [0.15, 0.2) is 11.6 Å². The molecule has 2 N–H and O–H groups in total. The Labute approximate surface area is 89.5 Å². The van der Waals surface area contributed by atoms with Crippen molar-refractivity contribution in [2.75, 3.05) is 0 Å². The molecular formula is C10H10BrFO2. The molecule has 1 aromatic carbocycles. The maximum absolute atomic E-state index is 13.2. The average Bonchev–Trinajstić information content (AvgIpc) is 2.81. The Balaban J connectivity index is 2.68. The van der Waals surface area contributed by atoms with E-state index in [1.54, 1.807) is 6.92 Å². The number of aromatic hydroxyl groups is 1. The van der Waals surface area contributed by atoms with Gasteiger partial charge in [0.05, 0.1) is 5.60 Å². The van der Waals surface area contributed by atoms with E-state index in [4.69, 9.17) is 0 Å². The van der Waals surface area contributed by atoms with Crippen LogP contribution in [0.4, 0.5) is 4.39 Å². The molecule has 0 unspecified atom stereocenters. The van der Waals surface area contributed by atoms with E-state index >= 15 is 0 Å². The first-order chi connectivity index (χ1) is 6.46. The van der Waals surface area contributed by atoms with E-state index in [0.29, 0.717) is 22.9 Å². The van der Waals surface area contributed by atoms with Crippen molar-refractivity contribution < 1.29 is 14.6 Å². The Hall–Kier alpha value is -0.610. The number of benzene rings is 1. The van der Waals surface area contributed by atoms with Gasteiger partial charge < -0.3 is 10.2 Å². The zero-order chi connectivity index (χ0) is 10.5. The number of phenolic OH excluding ortho intramolecular Hbond substituents is 1. The normalized spacial score (nSPS) is 18.3. The van der Waals surface area contributed by atoms with Gasteiger partial charge in [-0.3, -0.25) is 0 Å². The fraction of sp³-hybridized carbons (Fsp3) is 0.400. The number of aryl methyl sites for hydroxylation is 1. The van der Waals surface area contributed by atoms with Crippen LogP contribution in [0, 0.1) is 12.7 Å². The third-order valence-corrected chi connectivity index (χ3v) is 3.58. The Kier molecular flexibility index (Phi) is 2.08. The molecular weight excluding hydrogens is 251 g/mol. The number of phenols is 1. The van der Waals surface area contributed by atoms with Crippen LogP contribution in [0.1, 0.15) is 24.0 Å². The lowest BCUT2D eigenvalue weighted by Crippen LogP contribution is -2.07. The minimum Gasteiger partial charge on any atom is -0.505 e. The van der Waals surface area contributed by atoms with Crippen molar-refractivity contribution in [1.82, 2.24) is 0 Å². The number of rotatable bonds is 1. The number of aliphatic hydroxyl groups is 1. The van der Waals surface area contributed by atoms with Gasteiger partial charge in [0.25, 0.3) is 0 Å². The van der Waals surface area contributed by atoms with Crippen molar-refractivity contribution in [3.63, 3.8) is 0 Å². The molecule has 76 valence electrons. The molecule has 0 radical (unpaired) electrons. The monoisotopic (exact) mass is 260 g/mol. The molecule has 1 fully saturated rings. The van der Waals surface area contributed by atoms with Gasteiger partial charge in [0.2, 0.25) is 0 Å². The predicted molar refractivity (Wildman–Crippen MR) is 53.6 cm³/mol. The largest absolute Gasteiger partial charge is 0.505 e. The van der Waals surface area contributed by atoms with Crippen LogP contribution >= 0.6 is 15.9 Å². The van der Waals surface area contributed by atoms with E-state index in [1.165, 1.54) is 6.07 Å². The van der Waals surface area contributed by atoms with Gasteiger partial charge in [-0.2, -0.15) is 0 Å². The van der Waals surface area contributed by atoms with Crippen LogP contribution in [0.25, 0.3) is 0 Å². The summed E-state index contributed by atoms with van der Waals surface area (Å²) in [7, 11) is 0. The third-order valence-electron chi connectivity index (χ3n) is 2.56. The lowest BCUT2D eigenvalue weighted by atomic mass is 10.0. The minimum atomic E-state index is -1.03. The molecule has 0 aromatic heterocycles. The second-order valence-electron chi connectivity index (χ2n) is 3.74. The first-order valence-corrected chi connectivity index (χ1v) is 5.15. The Morgan fingerprint density at radius 2 is 2.07 bits per heavy atom. The highest BCUT2D eigenvalue weighted by atomic mass is 79.9. The Bertz CT molecular complexity index is 373. The molecule has 1 aliphatic rings. The van der Waals surface area contributed by atoms with Crippen molar-refractivity contribution in [1.29, 1.82) is 0 Å². The van der Waals surface area contributed by atoms with E-state index in [1.807, 2.05) is 0 Å². The predicted octanol–water partition coefficient (Wildman–Crippen LogP) is 2.58. The van der Waals surface area contributed by atoms with E-state index in [2.05, 4.69) is 15.9 Å². The van der Waals surface area contributed by atoms with Gasteiger partial charge in [0.1, 0.15) is 0 Å². The molecule has 0 bridgehead atoms. The molecule has 0 amide bonds. The molecule has 4 heteroatoms. The summed E-state index contributed by atoms with van der Waals surface area (Å²) in [6.07, 6.45) is 1.14. The first kappa shape index (κ1) is 9.93. The number of hydrogen-bond acceptors (Lipinski definition) is 2. The summed E-state index contributed by atoms with van der Waals surface area (Å²) in [4.78, 5) is 0. The van der Waals surface area contributed by atoms with E-state index < -0.39 is 17.2 Å². The number of halogens is 2. The molecule has 1 aromatic rings. The first-order valence-electron chi connectivity index (χ1n) is 4.36. The zero-order valence-electron chi connectivity index (χ0n) is 7.64. The summed E-state index contributed by atoms with van der Waals surface area (Å²) in [5.74, 6) is -1.12. The van der Waals surface area contributed by atoms with Crippen molar-refractivity contribution in [3.8, 4) is 5.75 Å². The van der Waals surface area contributed by atoms with Gasteiger partial charge in [0, 0.05) is 10.0 Å². The molecule has 1 aliphatic carbocycles. The molecule has 14 heavy (non-hydrogen) atoms. The lowest BCUT2D eigenvalue weighted by Gasteiger charge is -2.15. The van der Waals surface area contributed by atoms with Crippen molar-refractivity contribution >= 4 is 15.9 Å². The highest BCUT2D eigenvalue weighted by Crippen LogP contribution is 2.52. The van der Waals surface area contributed by atoms with Gasteiger partial charge in [-0.05, 0) is 47.3 Å². The summed E-state index contributed by atoms with van der Waals surface area (Å²) in [6.45, 7) is 1.72. The zero-order valence-corrected chi connectivity index (χ0v) is 9.23. The van der Waals surface area contributed by atoms with Crippen LogP contribution in [0.3, 0.4) is 0 Å². The van der Waals surface area contributed by atoms with Gasteiger partial charge >= 0.3 is 0 Å². The Morgan fingerprint density at radius 3 is 2.57 bits per heavy atom. The maximum Gasteiger partial charge on any atom is 0.165 e. The summed E-state index contributed by atoms with van der Waals surface area (Å²) >= 11 is 3.25. The van der Waals surface area contributed by atoms with Crippen molar-refractivity contribution in [3.05, 3.63) is 27.5 Å². The van der Waals surface area contributed by atoms with Gasteiger partial charge in [-0.25, -0.2) is 4.39 Å². The minimum absolute atomic E-state index is 0.287. The van der Waals surface area contributed by atoms with Gasteiger partial charge in [-0.1, -0.05) is 0 Å². The van der Waals surface area contributed by atoms with Crippen molar-refractivity contribution in [2.24, 2.45) is 0 Å². The molecule has 2 rings (SSSR count). The molecule has 0 saturated heterocycles. The van der Waals surface area contributed by atoms with Crippen LogP contribution in [0.5, 0.6) is 5.75 Å². The fourth-order valence-corrected chi connectivity index (χ4v) is 2.21. The lowest BCUT2D eigenvalue weighted by molar-refractivity contribution is 0.146. The van der Waals surface area contributed by atoms with E-state index in [9.17, 15) is 14.6 Å². The number of hydrogen-bond donors (Lipinski definition) is 2. The van der Waals surface area contributed by atoms with Gasteiger partial charge in [-0.15, -0.1) is 0 Å². The average molecular weight is 261 g/mol. The Morgan fingerprint density at radius 1 is 1.50 bits per heavy atom. The summed E-state index contributed by atoms with van der Waals surface area (Å²) < 4.78 is 13.8. The molecule has 0 spiro atoms. The summed E-state index contributed by atoms with van der Waals surface area (Å²) in [5.41, 5.74) is -0.0684. The standard InChI is InChI=1S/C10H10BrFO2/c1-5-4-6(12)9(13)7(8(5)11)10(14)2-3-10/h4,13-14H,2-3H2,1H3. The maximum atomic E-state index is 13.2. The molecule has 0 atom stereocenters. The van der Waals surface area contributed by atoms with Crippen LogP contribution in [-0.4, -0.2) is 10.2 Å². The van der Waals surface area contributed by atoms with Crippen LogP contribution < -0.4 is 0 Å². The fourth-order valence-electron chi connectivity index (χ4n) is 1.54. The highest BCUT2D eigenvalue weighted by Gasteiger charge is 2.46. The summed E-state index contributed by atoms with van der Waals surface area (Å²) in [6, 6.07) is 1.24. The SMILES string of the molecule is Cc1cc(F)c(O)c(C2(O)CC2)c1Br. The van der Waals surface area contributed by atoms with Crippen LogP contribution in [0.15, 0.2) is 10.5 Å². The molecule has 2 nitrogen and oxygen atoms in total. The van der Waals surface area contributed by atoms with Crippen molar-refractivity contribution in [2.45, 2.75) is 25.4 Å². The summed E-state index contributed by atoms with van der Waals surface area (Å²) in [5, 5.41) is 19.4. The van der Waals surface area contributed by atoms with E-state index in [0.717, 1.165) is 0 Å². The topological polar surface area (TPSA) is 40.5 Å². The smallest absolute Gasteiger partial charge is 0.165 e. The highest BCUT2D eigenvalue weighted by molar-refractivity contribution is 9.10. The third kappa shape index (κ3) is 1.33. The second kappa shape index (κ2) is 2.94.